The molecule has 30 heavy (non-hydrogen) atoms. The van der Waals surface area contributed by atoms with E-state index in [1.54, 1.807) is 6.20 Å². The molecule has 3 N–H and O–H groups in total. The number of H-pyrrole nitrogens is 1. The van der Waals surface area contributed by atoms with Gasteiger partial charge < -0.3 is 15.5 Å². The van der Waals surface area contributed by atoms with Crippen LogP contribution in [0.5, 0.6) is 0 Å². The van der Waals surface area contributed by atoms with Crippen LogP contribution in [0.2, 0.25) is 0 Å². The Bertz CT molecular complexity index is 1170. The lowest BCUT2D eigenvalue weighted by Gasteiger charge is -2.38. The smallest absolute Gasteiger partial charge is 0.138 e. The van der Waals surface area contributed by atoms with Gasteiger partial charge in [0.1, 0.15) is 18.4 Å². The van der Waals surface area contributed by atoms with Crippen molar-refractivity contribution in [2.75, 3.05) is 25.4 Å². The highest BCUT2D eigenvalue weighted by Gasteiger charge is 2.27. The first-order valence-corrected chi connectivity index (χ1v) is 10.0. The van der Waals surface area contributed by atoms with Crippen molar-refractivity contribution in [3.05, 3.63) is 60.3 Å². The molecular weight excluding hydrogens is 378 g/mol. The Morgan fingerprint density at radius 2 is 2.10 bits per heavy atom. The molecule has 0 radical (unpaired) electrons. The molecule has 1 aliphatic heterocycles. The standard InChI is InChI=1S/C22H23N7O/c23-22-19-2-1-15(7-20(19)25-14-26-22)10-29-6-5-28(12-18(29)13-30)11-17-8-16-3-4-24-9-21(16)27-17/h1-4,7-9,13-14,18,27H,5-6,10-12H2,(H2,23,25,26). The number of anilines is 1. The fourth-order valence-electron chi connectivity index (χ4n) is 4.19. The number of nitrogens with zero attached hydrogens (tertiary/aromatic N) is 5. The van der Waals surface area contributed by atoms with E-state index in [1.807, 2.05) is 30.5 Å². The molecule has 0 saturated carbocycles. The van der Waals surface area contributed by atoms with Gasteiger partial charge in [-0.3, -0.25) is 14.8 Å². The van der Waals surface area contributed by atoms with Crippen molar-refractivity contribution in [3.8, 4) is 0 Å². The van der Waals surface area contributed by atoms with E-state index in [0.717, 1.165) is 59.0 Å². The topological polar surface area (TPSA) is 104 Å². The van der Waals surface area contributed by atoms with Crippen molar-refractivity contribution in [3.63, 3.8) is 0 Å². The van der Waals surface area contributed by atoms with Gasteiger partial charge in [0.15, 0.2) is 0 Å². The molecule has 1 aromatic carbocycles. The van der Waals surface area contributed by atoms with Gasteiger partial charge >= 0.3 is 0 Å². The number of hydrogen-bond donors (Lipinski definition) is 2. The SMILES string of the molecule is Nc1ncnc2cc(CN3CCN(Cc4cc5ccncc5[nH]4)CC3C=O)ccc12. The molecule has 0 amide bonds. The Balaban J connectivity index is 1.27. The highest BCUT2D eigenvalue weighted by Crippen LogP contribution is 2.21. The summed E-state index contributed by atoms with van der Waals surface area (Å²) in [6.07, 6.45) is 6.18. The van der Waals surface area contributed by atoms with Crippen molar-refractivity contribution in [2.45, 2.75) is 19.1 Å². The van der Waals surface area contributed by atoms with E-state index in [2.05, 4.69) is 35.8 Å². The average Bonchev–Trinajstić information content (AvgIpc) is 3.17. The summed E-state index contributed by atoms with van der Waals surface area (Å²) < 4.78 is 0. The molecular formula is C22H23N7O. The maximum atomic E-state index is 11.8. The third-order valence-corrected chi connectivity index (χ3v) is 5.77. The number of rotatable bonds is 5. The molecule has 0 spiro atoms. The number of fused-ring (bicyclic) bond motifs is 2. The number of aromatic amines is 1. The van der Waals surface area contributed by atoms with Gasteiger partial charge in [-0.2, -0.15) is 0 Å². The monoisotopic (exact) mass is 401 g/mol. The van der Waals surface area contributed by atoms with Gasteiger partial charge in [0.2, 0.25) is 0 Å². The molecule has 5 rings (SSSR count). The molecule has 4 aromatic rings. The first-order chi connectivity index (χ1) is 14.7. The van der Waals surface area contributed by atoms with Gasteiger partial charge in [-0.25, -0.2) is 9.97 Å². The predicted molar refractivity (Wildman–Crippen MR) is 116 cm³/mol. The Hall–Kier alpha value is -3.36. The number of nitrogens with one attached hydrogen (secondary N) is 1. The minimum absolute atomic E-state index is 0.143. The first-order valence-electron chi connectivity index (χ1n) is 10.0. The zero-order valence-corrected chi connectivity index (χ0v) is 16.5. The summed E-state index contributed by atoms with van der Waals surface area (Å²) in [5.74, 6) is 0.485. The summed E-state index contributed by atoms with van der Waals surface area (Å²) in [4.78, 5) is 32.3. The number of carbonyl (C=O) groups excluding carboxylic acids is 1. The van der Waals surface area contributed by atoms with Gasteiger partial charge in [0, 0.05) is 55.4 Å². The highest BCUT2D eigenvalue weighted by atomic mass is 16.1. The van der Waals surface area contributed by atoms with E-state index in [4.69, 9.17) is 5.73 Å². The summed E-state index contributed by atoms with van der Waals surface area (Å²) in [5, 5.41) is 2.01. The van der Waals surface area contributed by atoms with Crippen LogP contribution in [0.1, 0.15) is 11.3 Å². The van der Waals surface area contributed by atoms with E-state index in [1.165, 1.54) is 6.33 Å². The normalized spacial score (nSPS) is 18.2. The van der Waals surface area contributed by atoms with Crippen LogP contribution in [0.3, 0.4) is 0 Å². The van der Waals surface area contributed by atoms with Crippen molar-refractivity contribution in [1.82, 2.24) is 29.7 Å². The molecule has 152 valence electrons. The average molecular weight is 401 g/mol. The fraction of sp³-hybridized carbons (Fsp3) is 0.273. The lowest BCUT2D eigenvalue weighted by molar-refractivity contribution is -0.115. The highest BCUT2D eigenvalue weighted by molar-refractivity contribution is 5.88. The Kier molecular flexibility index (Phi) is 4.86. The van der Waals surface area contributed by atoms with Gasteiger partial charge in [-0.1, -0.05) is 6.07 Å². The summed E-state index contributed by atoms with van der Waals surface area (Å²) >= 11 is 0. The zero-order chi connectivity index (χ0) is 20.5. The predicted octanol–water partition coefficient (Wildman–Crippen LogP) is 1.97. The molecule has 0 aliphatic carbocycles. The van der Waals surface area contributed by atoms with Gasteiger partial charge in [0.25, 0.3) is 0 Å². The summed E-state index contributed by atoms with van der Waals surface area (Å²) in [5.41, 5.74) is 10.0. The number of nitrogen functional groups attached to an aromatic ring is 1. The Morgan fingerprint density at radius 3 is 2.97 bits per heavy atom. The maximum absolute atomic E-state index is 11.8. The van der Waals surface area contributed by atoms with Crippen molar-refractivity contribution in [1.29, 1.82) is 0 Å². The third kappa shape index (κ3) is 3.62. The van der Waals surface area contributed by atoms with Gasteiger partial charge in [0.05, 0.1) is 23.3 Å². The summed E-state index contributed by atoms with van der Waals surface area (Å²) in [6, 6.07) is 10.0. The van der Waals surface area contributed by atoms with Crippen LogP contribution in [0, 0.1) is 0 Å². The van der Waals surface area contributed by atoms with E-state index in [-0.39, 0.29) is 6.04 Å². The number of nitrogens with two attached hydrogens (primary N) is 1. The van der Waals surface area contributed by atoms with Crippen LogP contribution in [0.25, 0.3) is 21.8 Å². The number of aromatic nitrogens is 4. The van der Waals surface area contributed by atoms with E-state index in [0.29, 0.717) is 18.9 Å². The van der Waals surface area contributed by atoms with Crippen LogP contribution in [0.15, 0.2) is 49.1 Å². The second kappa shape index (κ2) is 7.81. The summed E-state index contributed by atoms with van der Waals surface area (Å²) in [7, 11) is 0. The third-order valence-electron chi connectivity index (χ3n) is 5.77. The van der Waals surface area contributed by atoms with Crippen molar-refractivity contribution >= 4 is 33.9 Å². The molecule has 1 saturated heterocycles. The largest absolute Gasteiger partial charge is 0.383 e. The van der Waals surface area contributed by atoms with Crippen LogP contribution < -0.4 is 5.73 Å². The zero-order valence-electron chi connectivity index (χ0n) is 16.5. The molecule has 8 heteroatoms. The maximum Gasteiger partial charge on any atom is 0.138 e. The Morgan fingerprint density at radius 1 is 1.17 bits per heavy atom. The second-order valence-electron chi connectivity index (χ2n) is 7.78. The van der Waals surface area contributed by atoms with Crippen molar-refractivity contribution < 1.29 is 4.79 Å². The van der Waals surface area contributed by atoms with Crippen LogP contribution in [-0.4, -0.2) is 61.7 Å². The molecule has 4 heterocycles. The number of carbonyl (C=O) groups is 1. The van der Waals surface area contributed by atoms with Crippen LogP contribution in [-0.2, 0) is 17.9 Å². The lowest BCUT2D eigenvalue weighted by atomic mass is 10.1. The number of aldehydes is 1. The van der Waals surface area contributed by atoms with Crippen LogP contribution >= 0.6 is 0 Å². The van der Waals surface area contributed by atoms with Crippen LogP contribution in [0.4, 0.5) is 5.82 Å². The van der Waals surface area contributed by atoms with E-state index in [9.17, 15) is 4.79 Å². The number of benzene rings is 1. The Labute approximate surface area is 173 Å². The second-order valence-corrected chi connectivity index (χ2v) is 7.78. The first kappa shape index (κ1) is 18.7. The van der Waals surface area contributed by atoms with E-state index < -0.39 is 0 Å². The molecule has 1 atom stereocenters. The molecule has 8 nitrogen and oxygen atoms in total. The minimum Gasteiger partial charge on any atom is -0.383 e. The van der Waals surface area contributed by atoms with Gasteiger partial charge in [-0.05, 0) is 29.8 Å². The van der Waals surface area contributed by atoms with Crippen molar-refractivity contribution in [2.24, 2.45) is 0 Å². The molecule has 3 aromatic heterocycles. The summed E-state index contributed by atoms with van der Waals surface area (Å²) in [6.45, 7) is 3.93. The molecule has 0 bridgehead atoms. The quantitative estimate of drug-likeness (QED) is 0.493. The fourth-order valence-corrected chi connectivity index (χ4v) is 4.19. The minimum atomic E-state index is -0.143. The molecule has 1 aliphatic rings. The molecule has 1 fully saturated rings. The number of hydrogen-bond acceptors (Lipinski definition) is 7. The number of pyridine rings is 1. The van der Waals surface area contributed by atoms with Gasteiger partial charge in [-0.15, -0.1) is 0 Å². The van der Waals surface area contributed by atoms with E-state index >= 15 is 0 Å². The molecule has 1 unspecified atom stereocenters. The number of piperazine rings is 1. The lowest BCUT2D eigenvalue weighted by Crippen LogP contribution is -2.53.